The van der Waals surface area contributed by atoms with Gasteiger partial charge in [0.05, 0.1) is 12.2 Å². The first-order valence-electron chi connectivity index (χ1n) is 4.97. The van der Waals surface area contributed by atoms with Crippen LogP contribution in [0.1, 0.15) is 11.5 Å². The van der Waals surface area contributed by atoms with Gasteiger partial charge in [0.15, 0.2) is 17.4 Å². The summed E-state index contributed by atoms with van der Waals surface area (Å²) in [6, 6.07) is 3.79. The van der Waals surface area contributed by atoms with Crippen LogP contribution in [0.2, 0.25) is 0 Å². The van der Waals surface area contributed by atoms with Crippen molar-refractivity contribution in [2.45, 2.75) is 13.5 Å². The minimum atomic E-state index is -0.737. The second-order valence-corrected chi connectivity index (χ2v) is 3.65. The van der Waals surface area contributed by atoms with Crippen molar-refractivity contribution in [1.82, 2.24) is 5.16 Å². The van der Waals surface area contributed by atoms with E-state index in [1.807, 2.05) is 0 Å². The van der Waals surface area contributed by atoms with E-state index in [1.54, 1.807) is 13.0 Å². The molecule has 0 radical (unpaired) electrons. The highest BCUT2D eigenvalue weighted by molar-refractivity contribution is 5.54. The molecule has 4 nitrogen and oxygen atoms in total. The largest absolute Gasteiger partial charge is 0.399 e. The van der Waals surface area contributed by atoms with Crippen molar-refractivity contribution >= 4 is 11.4 Å². The van der Waals surface area contributed by atoms with Crippen LogP contribution in [0.15, 0.2) is 22.7 Å². The molecule has 0 fully saturated rings. The van der Waals surface area contributed by atoms with Gasteiger partial charge in [-0.3, -0.25) is 0 Å². The Bertz CT molecular complexity index is 516. The van der Waals surface area contributed by atoms with Gasteiger partial charge in [0.2, 0.25) is 0 Å². The summed E-state index contributed by atoms with van der Waals surface area (Å²) in [4.78, 5) is 0. The zero-order valence-corrected chi connectivity index (χ0v) is 9.13. The lowest BCUT2D eigenvalue weighted by molar-refractivity contribution is 0.384. The highest BCUT2D eigenvalue weighted by atomic mass is 19.1. The molecule has 1 heterocycles. The van der Waals surface area contributed by atoms with Crippen LogP contribution in [0.4, 0.5) is 20.2 Å². The van der Waals surface area contributed by atoms with Crippen LogP contribution >= 0.6 is 0 Å². The number of hydrogen-bond acceptors (Lipinski definition) is 4. The Balaban J connectivity index is 2.14. The average molecular weight is 239 g/mol. The maximum Gasteiger partial charge on any atom is 0.156 e. The lowest BCUT2D eigenvalue weighted by atomic mass is 10.2. The fraction of sp³-hybridized carbons (Fsp3) is 0.182. The van der Waals surface area contributed by atoms with Crippen LogP contribution in [0, 0.1) is 18.6 Å². The number of nitrogens with one attached hydrogen (secondary N) is 1. The second-order valence-electron chi connectivity index (χ2n) is 3.65. The molecule has 0 saturated carbocycles. The monoisotopic (exact) mass is 239 g/mol. The number of rotatable bonds is 3. The Morgan fingerprint density at radius 2 is 1.94 bits per heavy atom. The molecule has 3 N–H and O–H groups in total. The lowest BCUT2D eigenvalue weighted by Crippen LogP contribution is -2.04. The molecular formula is C11H11F2N3O. The van der Waals surface area contributed by atoms with E-state index in [1.165, 1.54) is 0 Å². The number of anilines is 2. The predicted molar refractivity (Wildman–Crippen MR) is 59.3 cm³/mol. The van der Waals surface area contributed by atoms with Gasteiger partial charge in [0.25, 0.3) is 0 Å². The van der Waals surface area contributed by atoms with E-state index in [0.717, 1.165) is 12.1 Å². The maximum atomic E-state index is 13.4. The molecule has 0 saturated heterocycles. The molecule has 0 amide bonds. The summed E-state index contributed by atoms with van der Waals surface area (Å²) in [5.41, 5.74) is 5.83. The molecule has 0 spiro atoms. The number of nitrogens with zero attached hydrogens (tertiary/aromatic N) is 1. The average Bonchev–Trinajstić information content (AvgIpc) is 2.62. The minimum absolute atomic E-state index is 0.0426. The smallest absolute Gasteiger partial charge is 0.156 e. The van der Waals surface area contributed by atoms with Crippen LogP contribution in [0.25, 0.3) is 0 Å². The van der Waals surface area contributed by atoms with Crippen molar-refractivity contribution in [3.63, 3.8) is 0 Å². The van der Waals surface area contributed by atoms with E-state index in [4.69, 9.17) is 10.3 Å². The van der Waals surface area contributed by atoms with Gasteiger partial charge < -0.3 is 15.6 Å². The molecule has 17 heavy (non-hydrogen) atoms. The third-order valence-corrected chi connectivity index (χ3v) is 2.18. The molecule has 6 heteroatoms. The van der Waals surface area contributed by atoms with Gasteiger partial charge in [-0.25, -0.2) is 8.78 Å². The topological polar surface area (TPSA) is 64.1 Å². The zero-order valence-electron chi connectivity index (χ0n) is 9.13. The molecule has 0 bridgehead atoms. The molecule has 1 aromatic heterocycles. The van der Waals surface area contributed by atoms with Gasteiger partial charge >= 0.3 is 0 Å². The van der Waals surface area contributed by atoms with Gasteiger partial charge in [-0.15, -0.1) is 0 Å². The van der Waals surface area contributed by atoms with Gasteiger partial charge in [-0.2, -0.15) is 0 Å². The van der Waals surface area contributed by atoms with E-state index in [9.17, 15) is 8.78 Å². The number of nitrogens with two attached hydrogens (primary N) is 1. The molecule has 0 aliphatic carbocycles. The highest BCUT2D eigenvalue weighted by Crippen LogP contribution is 2.22. The number of aryl methyl sites for hydroxylation is 1. The number of benzene rings is 1. The Morgan fingerprint density at radius 1 is 1.29 bits per heavy atom. The molecule has 0 unspecified atom stereocenters. The minimum Gasteiger partial charge on any atom is -0.399 e. The van der Waals surface area contributed by atoms with Crippen molar-refractivity contribution in [2.75, 3.05) is 11.1 Å². The van der Waals surface area contributed by atoms with E-state index in [-0.39, 0.29) is 17.9 Å². The summed E-state index contributed by atoms with van der Waals surface area (Å²) in [5.74, 6) is -0.976. The summed E-state index contributed by atoms with van der Waals surface area (Å²) in [6.45, 7) is 1.91. The predicted octanol–water partition coefficient (Wildman–Crippen LogP) is 2.46. The third kappa shape index (κ3) is 2.52. The third-order valence-electron chi connectivity index (χ3n) is 2.18. The Labute approximate surface area is 96.4 Å². The first-order valence-corrected chi connectivity index (χ1v) is 4.97. The first kappa shape index (κ1) is 11.4. The van der Waals surface area contributed by atoms with E-state index in [2.05, 4.69) is 10.5 Å². The fourth-order valence-electron chi connectivity index (χ4n) is 1.44. The molecule has 2 rings (SSSR count). The molecule has 2 aromatic rings. The summed E-state index contributed by atoms with van der Waals surface area (Å²) >= 11 is 0. The zero-order chi connectivity index (χ0) is 12.4. The summed E-state index contributed by atoms with van der Waals surface area (Å²) in [5, 5.41) is 6.26. The van der Waals surface area contributed by atoms with Crippen LogP contribution in [-0.4, -0.2) is 5.16 Å². The van der Waals surface area contributed by atoms with E-state index < -0.39 is 11.6 Å². The fourth-order valence-corrected chi connectivity index (χ4v) is 1.44. The number of hydrogen-bond donors (Lipinski definition) is 2. The van der Waals surface area contributed by atoms with Crippen molar-refractivity contribution in [1.29, 1.82) is 0 Å². The van der Waals surface area contributed by atoms with E-state index in [0.29, 0.717) is 11.5 Å². The maximum absolute atomic E-state index is 13.4. The molecule has 1 aromatic carbocycles. The summed E-state index contributed by atoms with van der Waals surface area (Å²) in [7, 11) is 0. The van der Waals surface area contributed by atoms with Gasteiger partial charge in [0.1, 0.15) is 5.69 Å². The first-order chi connectivity index (χ1) is 8.06. The SMILES string of the molecule is Cc1cc(CNc2c(F)cc(N)cc2F)on1. The van der Waals surface area contributed by atoms with Crippen molar-refractivity contribution in [3.8, 4) is 0 Å². The molecular weight excluding hydrogens is 228 g/mol. The van der Waals surface area contributed by atoms with Crippen molar-refractivity contribution in [2.24, 2.45) is 0 Å². The summed E-state index contributed by atoms with van der Waals surface area (Å²) in [6.07, 6.45) is 0. The van der Waals surface area contributed by atoms with Crippen LogP contribution in [0.5, 0.6) is 0 Å². The number of halogens is 2. The molecule has 0 aliphatic rings. The normalized spacial score (nSPS) is 10.5. The van der Waals surface area contributed by atoms with Crippen molar-refractivity contribution in [3.05, 3.63) is 41.3 Å². The van der Waals surface area contributed by atoms with Gasteiger partial charge in [-0.1, -0.05) is 5.16 Å². The van der Waals surface area contributed by atoms with Crippen LogP contribution < -0.4 is 11.1 Å². The Morgan fingerprint density at radius 3 is 2.47 bits per heavy atom. The Hall–Kier alpha value is -2.11. The second kappa shape index (κ2) is 4.40. The van der Waals surface area contributed by atoms with Crippen LogP contribution in [0.3, 0.4) is 0 Å². The number of nitrogen functional groups attached to an aromatic ring is 1. The Kier molecular flexibility index (Phi) is 2.95. The quantitative estimate of drug-likeness (QED) is 0.807. The van der Waals surface area contributed by atoms with Crippen LogP contribution in [-0.2, 0) is 6.54 Å². The summed E-state index contributed by atoms with van der Waals surface area (Å²) < 4.78 is 31.7. The van der Waals surface area contributed by atoms with Gasteiger partial charge in [0, 0.05) is 11.8 Å². The molecule has 90 valence electrons. The number of aromatic nitrogens is 1. The van der Waals surface area contributed by atoms with E-state index >= 15 is 0 Å². The van der Waals surface area contributed by atoms with Crippen molar-refractivity contribution < 1.29 is 13.3 Å². The molecule has 0 atom stereocenters. The standard InChI is InChI=1S/C11H11F2N3O/c1-6-2-8(17-16-6)5-15-11-9(12)3-7(14)4-10(11)13/h2-4,15H,5,14H2,1H3. The van der Waals surface area contributed by atoms with Gasteiger partial charge in [-0.05, 0) is 19.1 Å². The lowest BCUT2D eigenvalue weighted by Gasteiger charge is -2.07. The molecule has 0 aliphatic heterocycles. The highest BCUT2D eigenvalue weighted by Gasteiger charge is 2.10.